The van der Waals surface area contributed by atoms with Crippen molar-refractivity contribution < 1.29 is 16.8 Å². The van der Waals surface area contributed by atoms with Crippen molar-refractivity contribution in [1.29, 1.82) is 0 Å². The van der Waals surface area contributed by atoms with Crippen molar-refractivity contribution in [2.75, 3.05) is 0 Å². The van der Waals surface area contributed by atoms with E-state index in [1.807, 2.05) is 83.8 Å². The van der Waals surface area contributed by atoms with Gasteiger partial charge in [0.1, 0.15) is 26.6 Å². The zero-order chi connectivity index (χ0) is 43.0. The molecule has 0 radical (unpaired) electrons. The van der Waals surface area contributed by atoms with E-state index in [0.717, 1.165) is 48.7 Å². The molecule has 16 heteroatoms. The molecular formula is C44H49BrN6O4S4Sn. The Balaban J connectivity index is 0.000000187. The zero-order valence-corrected chi connectivity index (χ0v) is 41.6. The second-order valence-corrected chi connectivity index (χ2v) is 30.4. The van der Waals surface area contributed by atoms with Crippen LogP contribution >= 0.6 is 38.6 Å². The van der Waals surface area contributed by atoms with Gasteiger partial charge < -0.3 is 9.13 Å². The molecule has 8 aromatic rings. The Morgan fingerprint density at radius 3 is 1.50 bits per heavy atom. The molecule has 314 valence electrons. The summed E-state index contributed by atoms with van der Waals surface area (Å²) in [4.78, 5) is 18.3. The quantitative estimate of drug-likeness (QED) is 0.0824. The van der Waals surface area contributed by atoms with Crippen LogP contribution in [0.1, 0.15) is 59.3 Å². The fraction of sp³-hybridized carbons (Fsp3) is 0.273. The van der Waals surface area contributed by atoms with Crippen molar-refractivity contribution in [3.05, 3.63) is 137 Å². The first-order valence-corrected chi connectivity index (χ1v) is 31.1. The molecule has 0 aliphatic heterocycles. The van der Waals surface area contributed by atoms with Gasteiger partial charge in [-0.1, -0.05) is 36.4 Å². The number of halogens is 1. The summed E-state index contributed by atoms with van der Waals surface area (Å²) < 4.78 is 44.4. The first-order chi connectivity index (χ1) is 29.4. The minimum Gasteiger partial charge on any atom is -0.301 e. The number of unbranched alkanes of at least 4 members (excludes halogenated alkanes) is 3. The summed E-state index contributed by atoms with van der Waals surface area (Å²) in [7, 11) is 0. The van der Waals surface area contributed by atoms with Gasteiger partial charge >= 0.3 is 145 Å². The first kappa shape index (κ1) is 48.7. The number of hydrogen-bond acceptors (Lipinski definition) is 10. The van der Waals surface area contributed by atoms with Crippen LogP contribution in [0.15, 0.2) is 137 Å². The standard InChI is InChI=1S/C16H11N3S.C13H9BrN2.3C4H9.C3H2NS.2O2S.Sn/c1-2-4-13(5-3-1)19-10-8-12-6-7-14(18-15(12)19)16-17-9-11-20-16;14-12-7-6-10-8-9-16(13(10)15-12)11-4-2-1-3-5-11;3*1-3-4-2;1-2-5-3-4-1;2*1-3-2;/h1-11H;1-9H;3*1,3-4H2,2H3;1-2H;;;. The van der Waals surface area contributed by atoms with Gasteiger partial charge in [0, 0.05) is 46.1 Å². The molecule has 2 aromatic carbocycles. The van der Waals surface area contributed by atoms with Crippen molar-refractivity contribution in [1.82, 2.24) is 29.1 Å². The molecule has 0 aliphatic carbocycles. The van der Waals surface area contributed by atoms with E-state index in [4.69, 9.17) is 26.8 Å². The average molecular weight is 1050 g/mol. The van der Waals surface area contributed by atoms with Crippen molar-refractivity contribution in [2.45, 2.75) is 72.6 Å². The Labute approximate surface area is 379 Å². The normalized spacial score (nSPS) is 10.5. The second-order valence-electron chi connectivity index (χ2n) is 13.6. The third-order valence-corrected chi connectivity index (χ3v) is 29.6. The van der Waals surface area contributed by atoms with Crippen molar-refractivity contribution in [2.24, 2.45) is 0 Å². The Morgan fingerprint density at radius 1 is 0.583 bits per heavy atom. The summed E-state index contributed by atoms with van der Waals surface area (Å²) in [6.45, 7) is 6.99. The van der Waals surface area contributed by atoms with Crippen LogP contribution in [-0.4, -0.2) is 64.3 Å². The molecule has 8 rings (SSSR count). The van der Waals surface area contributed by atoms with Crippen LogP contribution in [0.2, 0.25) is 13.3 Å². The van der Waals surface area contributed by atoms with Gasteiger partial charge in [0.05, 0.1) is 0 Å². The number of pyridine rings is 2. The van der Waals surface area contributed by atoms with Crippen LogP contribution in [0.3, 0.4) is 0 Å². The summed E-state index contributed by atoms with van der Waals surface area (Å²) in [5.41, 5.74) is 5.10. The maximum atomic E-state index is 8.29. The van der Waals surface area contributed by atoms with E-state index < -0.39 is 41.5 Å². The number of aromatic nitrogens is 6. The number of hydrogen-bond donors (Lipinski definition) is 0. The molecule has 0 N–H and O–H groups in total. The largest absolute Gasteiger partial charge is 0.335 e. The smallest absolute Gasteiger partial charge is 0.301 e. The Kier molecular flexibility index (Phi) is 21.9. The van der Waals surface area contributed by atoms with Crippen LogP contribution in [0.4, 0.5) is 0 Å². The van der Waals surface area contributed by atoms with Crippen molar-refractivity contribution in [3.8, 4) is 22.1 Å². The van der Waals surface area contributed by atoms with E-state index in [9.17, 15) is 0 Å². The predicted molar refractivity (Wildman–Crippen MR) is 255 cm³/mol. The molecule has 60 heavy (non-hydrogen) atoms. The third-order valence-electron chi connectivity index (χ3n) is 9.67. The molecule has 0 fully saturated rings. The summed E-state index contributed by atoms with van der Waals surface area (Å²) in [5.74, 6) is 0. The van der Waals surface area contributed by atoms with Gasteiger partial charge in [-0.15, -0.1) is 11.3 Å². The van der Waals surface area contributed by atoms with E-state index in [1.54, 1.807) is 27.7 Å². The molecule has 6 aromatic heterocycles. The number of thiazole rings is 2. The van der Waals surface area contributed by atoms with E-state index >= 15 is 0 Å². The van der Waals surface area contributed by atoms with Gasteiger partial charge in [0.25, 0.3) is 0 Å². The molecule has 0 aliphatic rings. The number of fused-ring (bicyclic) bond motifs is 2. The predicted octanol–water partition coefficient (Wildman–Crippen LogP) is 11.8. The van der Waals surface area contributed by atoms with E-state index in [2.05, 4.69) is 116 Å². The van der Waals surface area contributed by atoms with Gasteiger partial charge in [-0.3, -0.25) is 0 Å². The number of rotatable bonds is 13. The molecule has 0 saturated carbocycles. The van der Waals surface area contributed by atoms with E-state index in [1.165, 1.54) is 38.5 Å². The molecule has 6 heterocycles. The Bertz CT molecular complexity index is 2460. The van der Waals surface area contributed by atoms with Crippen LogP contribution < -0.4 is 3.02 Å². The average Bonchev–Trinajstić information content (AvgIpc) is 4.13. The SMILES string of the molecule is Brc1ccc2ccn(-c3ccccc3)c2n1.CCC[CH2][Sn]([CH2]CCC)([CH2]CCC)[c]1nccs1.O=S=O.O=S=O.c1ccc(-n2ccc3ccc(-c4nccs4)nc32)cc1. The van der Waals surface area contributed by atoms with Gasteiger partial charge in [-0.2, -0.15) is 16.8 Å². The van der Waals surface area contributed by atoms with Crippen LogP contribution in [0, 0.1) is 0 Å². The molecule has 0 unspecified atom stereocenters. The van der Waals surface area contributed by atoms with Gasteiger partial charge in [0.15, 0.2) is 0 Å². The van der Waals surface area contributed by atoms with E-state index in [0.29, 0.717) is 0 Å². The molecule has 0 saturated heterocycles. The second kappa shape index (κ2) is 27.0. The summed E-state index contributed by atoms with van der Waals surface area (Å²) in [5, 5.41) is 7.40. The number of para-hydroxylation sites is 2. The molecule has 0 bridgehead atoms. The molecule has 0 spiro atoms. The summed E-state index contributed by atoms with van der Waals surface area (Å²) >= 11 is 3.34. The van der Waals surface area contributed by atoms with Gasteiger partial charge in [-0.25, -0.2) is 15.0 Å². The Morgan fingerprint density at radius 2 is 1.05 bits per heavy atom. The molecule has 0 atom stereocenters. The topological polar surface area (TPSA) is 130 Å². The van der Waals surface area contributed by atoms with Crippen molar-refractivity contribution >= 4 is 105 Å². The first-order valence-electron chi connectivity index (χ1n) is 19.7. The molecule has 10 nitrogen and oxygen atoms in total. The maximum Gasteiger partial charge on any atom is 0.335 e. The number of nitrogens with zero attached hydrogens (tertiary/aromatic N) is 6. The molecular weight excluding hydrogens is 1000 g/mol. The minimum atomic E-state index is -2.12. The van der Waals surface area contributed by atoms with E-state index in [-0.39, 0.29) is 0 Å². The molecule has 0 amide bonds. The maximum absolute atomic E-state index is 8.29. The monoisotopic (exact) mass is 1050 g/mol. The third kappa shape index (κ3) is 14.3. The van der Waals surface area contributed by atoms with Gasteiger partial charge in [-0.05, 0) is 76.6 Å². The zero-order valence-electron chi connectivity index (χ0n) is 33.9. The fourth-order valence-corrected chi connectivity index (χ4v) is 26.9. The number of benzene rings is 2. The van der Waals surface area contributed by atoms with Crippen LogP contribution in [-0.2, 0) is 23.1 Å². The van der Waals surface area contributed by atoms with Crippen molar-refractivity contribution in [3.63, 3.8) is 0 Å². The summed E-state index contributed by atoms with van der Waals surface area (Å²) in [6.07, 6.45) is 16.3. The summed E-state index contributed by atoms with van der Waals surface area (Å²) in [6, 6.07) is 32.7. The Hall–Kier alpha value is -4.00. The fourth-order valence-electron chi connectivity index (χ4n) is 6.78. The van der Waals surface area contributed by atoms with Crippen LogP contribution in [0.5, 0.6) is 0 Å². The van der Waals surface area contributed by atoms with Gasteiger partial charge in [0.2, 0.25) is 0 Å². The van der Waals surface area contributed by atoms with Crippen LogP contribution in [0.25, 0.3) is 44.1 Å². The minimum absolute atomic E-state index is 0.750.